The summed E-state index contributed by atoms with van der Waals surface area (Å²) < 4.78 is 76.2. The van der Waals surface area contributed by atoms with Gasteiger partial charge in [-0.25, -0.2) is 8.78 Å². The molecule has 1 aromatic carbocycles. The lowest BCUT2D eigenvalue weighted by molar-refractivity contribution is -0.215. The van der Waals surface area contributed by atoms with Gasteiger partial charge in [-0.3, -0.25) is 0 Å². The second-order valence-corrected chi connectivity index (χ2v) is 8.29. The van der Waals surface area contributed by atoms with Crippen LogP contribution in [0.2, 0.25) is 0 Å². The first kappa shape index (κ1) is 23.0. The van der Waals surface area contributed by atoms with E-state index >= 15 is 0 Å². The van der Waals surface area contributed by atoms with Crippen LogP contribution in [0.3, 0.4) is 0 Å². The quantitative estimate of drug-likeness (QED) is 0.390. The molecule has 1 saturated heterocycles. The number of rotatable bonds is 5. The summed E-state index contributed by atoms with van der Waals surface area (Å²) in [5.41, 5.74) is -0.811. The molecular formula is C23H27F5O2. The zero-order valence-electron chi connectivity index (χ0n) is 17.0. The Hall–Kier alpha value is -1.65. The van der Waals surface area contributed by atoms with Crippen molar-refractivity contribution in [2.75, 3.05) is 13.2 Å². The highest BCUT2D eigenvalue weighted by Gasteiger charge is 2.33. The van der Waals surface area contributed by atoms with Gasteiger partial charge in [-0.1, -0.05) is 44.9 Å². The van der Waals surface area contributed by atoms with Gasteiger partial charge >= 0.3 is 6.18 Å². The van der Waals surface area contributed by atoms with Gasteiger partial charge in [-0.05, 0) is 36.8 Å². The largest absolute Gasteiger partial charge is 0.458 e. The molecule has 0 N–H and O–H groups in total. The Kier molecular flexibility index (Phi) is 7.75. The number of halogens is 5. The van der Waals surface area contributed by atoms with Gasteiger partial charge in [0, 0.05) is 17.4 Å². The summed E-state index contributed by atoms with van der Waals surface area (Å²) in [6, 6.07) is 1.85. The predicted molar refractivity (Wildman–Crippen MR) is 102 cm³/mol. The molecule has 1 aromatic rings. The van der Waals surface area contributed by atoms with Gasteiger partial charge in [0.25, 0.3) is 0 Å². The molecule has 1 aliphatic carbocycles. The zero-order valence-corrected chi connectivity index (χ0v) is 17.0. The molecule has 0 aromatic heterocycles. The third kappa shape index (κ3) is 6.18. The van der Waals surface area contributed by atoms with Crippen molar-refractivity contribution in [2.45, 2.75) is 64.3 Å². The predicted octanol–water partition coefficient (Wildman–Crippen LogP) is 6.54. The average molecular weight is 430 g/mol. The minimum absolute atomic E-state index is 0.101. The molecule has 0 atom stereocenters. The summed E-state index contributed by atoms with van der Waals surface area (Å²) in [5, 5.41) is 0. The maximum absolute atomic E-state index is 14.1. The van der Waals surface area contributed by atoms with Crippen molar-refractivity contribution in [1.82, 2.24) is 0 Å². The topological polar surface area (TPSA) is 18.5 Å². The highest BCUT2D eigenvalue weighted by Crippen LogP contribution is 2.39. The summed E-state index contributed by atoms with van der Waals surface area (Å²) in [4.78, 5) is 0. The normalized spacial score (nSPS) is 27.4. The van der Waals surface area contributed by atoms with E-state index in [0.29, 0.717) is 19.1 Å². The lowest BCUT2D eigenvalue weighted by Crippen LogP contribution is -2.34. The van der Waals surface area contributed by atoms with Crippen LogP contribution in [0.25, 0.3) is 0 Å². The van der Waals surface area contributed by atoms with E-state index in [1.54, 1.807) is 0 Å². The van der Waals surface area contributed by atoms with Crippen molar-refractivity contribution in [3.8, 4) is 11.8 Å². The van der Waals surface area contributed by atoms with E-state index in [9.17, 15) is 22.0 Å². The first-order valence-corrected chi connectivity index (χ1v) is 10.6. The standard InChI is InChI=1S/C23H27F5O2/c1-2-3-4-15-5-7-16(8-6-15)18-13-29-22(30-14-18)17-11-20(24)19(21(25)12-17)9-10-23(26,27)28/h11-12,15-16,18,22H,2-8,13-14H2,1H3. The minimum Gasteiger partial charge on any atom is -0.348 e. The number of unbranched alkanes of at least 4 members (excludes halogenated alkanes) is 1. The Balaban J connectivity index is 1.56. The molecule has 2 fully saturated rings. The summed E-state index contributed by atoms with van der Waals surface area (Å²) >= 11 is 0. The molecule has 1 saturated carbocycles. The lowest BCUT2D eigenvalue weighted by Gasteiger charge is -2.38. The smallest absolute Gasteiger partial charge is 0.348 e. The van der Waals surface area contributed by atoms with Crippen LogP contribution in [-0.2, 0) is 9.47 Å². The summed E-state index contributed by atoms with van der Waals surface area (Å²) in [6.45, 7) is 3.08. The van der Waals surface area contributed by atoms with Crippen LogP contribution >= 0.6 is 0 Å². The van der Waals surface area contributed by atoms with E-state index in [1.807, 2.05) is 0 Å². The Morgan fingerprint density at radius 1 is 0.967 bits per heavy atom. The molecule has 0 amide bonds. The van der Waals surface area contributed by atoms with Crippen molar-refractivity contribution in [2.24, 2.45) is 17.8 Å². The number of benzene rings is 1. The van der Waals surface area contributed by atoms with E-state index in [4.69, 9.17) is 9.47 Å². The highest BCUT2D eigenvalue weighted by molar-refractivity contribution is 5.40. The molecule has 0 spiro atoms. The van der Waals surface area contributed by atoms with Gasteiger partial charge in [0.05, 0.1) is 18.8 Å². The summed E-state index contributed by atoms with van der Waals surface area (Å²) in [5.74, 6) is 1.65. The number of hydrogen-bond donors (Lipinski definition) is 0. The summed E-state index contributed by atoms with van der Waals surface area (Å²) in [6.07, 6.45) is 2.78. The minimum atomic E-state index is -4.82. The van der Waals surface area contributed by atoms with Crippen molar-refractivity contribution >= 4 is 0 Å². The van der Waals surface area contributed by atoms with Crippen LogP contribution in [0.15, 0.2) is 12.1 Å². The summed E-state index contributed by atoms with van der Waals surface area (Å²) in [7, 11) is 0. The monoisotopic (exact) mass is 430 g/mol. The Morgan fingerprint density at radius 2 is 1.57 bits per heavy atom. The van der Waals surface area contributed by atoms with E-state index < -0.39 is 29.7 Å². The molecule has 3 rings (SSSR count). The van der Waals surface area contributed by atoms with Gasteiger partial charge in [-0.2, -0.15) is 13.2 Å². The van der Waals surface area contributed by atoms with E-state index in [2.05, 4.69) is 6.92 Å². The fourth-order valence-corrected chi connectivity index (χ4v) is 4.41. The second-order valence-electron chi connectivity index (χ2n) is 8.29. The SMILES string of the molecule is CCCCC1CCC(C2COC(c3cc(F)c(C#CC(F)(F)F)c(F)c3)OC2)CC1. The van der Waals surface area contributed by atoms with Crippen LogP contribution in [0.1, 0.15) is 69.3 Å². The van der Waals surface area contributed by atoms with Crippen molar-refractivity contribution in [3.63, 3.8) is 0 Å². The molecule has 166 valence electrons. The first-order chi connectivity index (χ1) is 14.3. The second kappa shape index (κ2) is 10.1. The molecule has 0 unspecified atom stereocenters. The van der Waals surface area contributed by atoms with Gasteiger partial charge < -0.3 is 9.47 Å². The highest BCUT2D eigenvalue weighted by atomic mass is 19.4. The van der Waals surface area contributed by atoms with E-state index in [-0.39, 0.29) is 11.5 Å². The van der Waals surface area contributed by atoms with Gasteiger partial charge in [0.2, 0.25) is 0 Å². The van der Waals surface area contributed by atoms with Crippen LogP contribution in [0.5, 0.6) is 0 Å². The van der Waals surface area contributed by atoms with Crippen LogP contribution in [0, 0.1) is 41.2 Å². The maximum atomic E-state index is 14.1. The number of ether oxygens (including phenoxy) is 2. The van der Waals surface area contributed by atoms with Crippen molar-refractivity contribution in [3.05, 3.63) is 34.9 Å². The molecule has 0 radical (unpaired) electrons. The first-order valence-electron chi connectivity index (χ1n) is 10.6. The molecule has 1 aliphatic heterocycles. The van der Waals surface area contributed by atoms with Gasteiger partial charge in [-0.15, -0.1) is 0 Å². The molecular weight excluding hydrogens is 403 g/mol. The fourth-order valence-electron chi connectivity index (χ4n) is 4.41. The number of alkyl halides is 3. The average Bonchev–Trinajstić information content (AvgIpc) is 2.71. The molecule has 1 heterocycles. The Morgan fingerprint density at radius 3 is 2.10 bits per heavy atom. The molecule has 30 heavy (non-hydrogen) atoms. The molecule has 0 bridgehead atoms. The molecule has 2 nitrogen and oxygen atoms in total. The van der Waals surface area contributed by atoms with Gasteiger partial charge in [0.15, 0.2) is 6.29 Å². The Bertz CT molecular complexity index is 741. The zero-order chi connectivity index (χ0) is 21.7. The van der Waals surface area contributed by atoms with E-state index in [0.717, 1.165) is 36.8 Å². The van der Waals surface area contributed by atoms with Crippen molar-refractivity contribution < 1.29 is 31.4 Å². The van der Waals surface area contributed by atoms with Crippen LogP contribution in [-0.4, -0.2) is 19.4 Å². The lowest BCUT2D eigenvalue weighted by atomic mass is 9.74. The molecule has 7 heteroatoms. The van der Waals surface area contributed by atoms with Crippen molar-refractivity contribution in [1.29, 1.82) is 0 Å². The van der Waals surface area contributed by atoms with Crippen LogP contribution < -0.4 is 0 Å². The third-order valence-electron chi connectivity index (χ3n) is 6.11. The molecule has 2 aliphatic rings. The van der Waals surface area contributed by atoms with Gasteiger partial charge in [0.1, 0.15) is 11.6 Å². The van der Waals surface area contributed by atoms with Crippen LogP contribution in [0.4, 0.5) is 22.0 Å². The maximum Gasteiger partial charge on any atom is 0.458 e. The Labute approximate surface area is 174 Å². The van der Waals surface area contributed by atoms with E-state index in [1.165, 1.54) is 38.0 Å². The third-order valence-corrected chi connectivity index (χ3v) is 6.11. The number of hydrogen-bond acceptors (Lipinski definition) is 2. The fraction of sp³-hybridized carbons (Fsp3) is 0.652.